The smallest absolute Gasteiger partial charge is 0.228 e. The molecule has 0 radical (unpaired) electrons. The molecule has 1 aliphatic rings. The number of rotatable bonds is 3. The molecule has 3 aromatic rings. The van der Waals surface area contributed by atoms with E-state index in [1.807, 2.05) is 30.9 Å². The zero-order valence-electron chi connectivity index (χ0n) is 12.6. The first-order chi connectivity index (χ1) is 10.6. The number of hydrogen-bond acceptors (Lipinski definition) is 3. The van der Waals surface area contributed by atoms with Crippen molar-refractivity contribution in [2.24, 2.45) is 20.0 Å². The Morgan fingerprint density at radius 3 is 2.77 bits per heavy atom. The van der Waals surface area contributed by atoms with Crippen molar-refractivity contribution in [2.45, 2.75) is 12.8 Å². The number of aromatic nitrogens is 4. The van der Waals surface area contributed by atoms with Gasteiger partial charge in [-0.2, -0.15) is 0 Å². The summed E-state index contributed by atoms with van der Waals surface area (Å²) < 4.78 is 4.00. The number of nitrogens with zero attached hydrogens (tertiary/aromatic N) is 4. The minimum atomic E-state index is 0.0750. The average molecular weight is 295 g/mol. The van der Waals surface area contributed by atoms with Crippen LogP contribution in [0.25, 0.3) is 22.3 Å². The van der Waals surface area contributed by atoms with Gasteiger partial charge in [-0.1, -0.05) is 0 Å². The monoisotopic (exact) mass is 295 g/mol. The summed E-state index contributed by atoms with van der Waals surface area (Å²) in [4.78, 5) is 20.6. The van der Waals surface area contributed by atoms with Crippen LogP contribution in [0.15, 0.2) is 30.9 Å². The van der Waals surface area contributed by atoms with Gasteiger partial charge in [0.25, 0.3) is 0 Å². The first-order valence-corrected chi connectivity index (χ1v) is 7.36. The van der Waals surface area contributed by atoms with Gasteiger partial charge in [0, 0.05) is 43.9 Å². The molecule has 0 unspecified atom stereocenters. The van der Waals surface area contributed by atoms with Gasteiger partial charge >= 0.3 is 0 Å². The van der Waals surface area contributed by atoms with Crippen LogP contribution in [0.1, 0.15) is 12.8 Å². The molecule has 4 rings (SSSR count). The molecule has 1 amide bonds. The van der Waals surface area contributed by atoms with E-state index < -0.39 is 0 Å². The molecule has 0 spiro atoms. The summed E-state index contributed by atoms with van der Waals surface area (Å²) in [5.74, 6) is 0.860. The molecule has 0 atom stereocenters. The van der Waals surface area contributed by atoms with Crippen molar-refractivity contribution >= 4 is 22.6 Å². The van der Waals surface area contributed by atoms with E-state index in [1.165, 1.54) is 0 Å². The standard InChI is InChI=1S/C16H17N5O/c1-20-8-12(18-9-20)14-5-11-7-17-15(6-13(11)21(14)2)19-16(22)10-3-4-10/h5-10H,3-4H2,1-2H3,(H,17,19,22). The third-order valence-electron chi connectivity index (χ3n) is 4.09. The van der Waals surface area contributed by atoms with Crippen molar-refractivity contribution < 1.29 is 4.79 Å². The Morgan fingerprint density at radius 1 is 1.27 bits per heavy atom. The molecule has 0 aliphatic heterocycles. The van der Waals surface area contributed by atoms with Crippen molar-refractivity contribution in [3.8, 4) is 11.4 Å². The third kappa shape index (κ3) is 2.16. The Balaban J connectivity index is 1.73. The summed E-state index contributed by atoms with van der Waals surface area (Å²) in [6.07, 6.45) is 7.54. The Morgan fingerprint density at radius 2 is 2.09 bits per heavy atom. The summed E-state index contributed by atoms with van der Waals surface area (Å²) in [6, 6.07) is 3.99. The number of aryl methyl sites for hydroxylation is 2. The molecule has 6 nitrogen and oxygen atoms in total. The fourth-order valence-corrected chi connectivity index (χ4v) is 2.66. The number of carbonyl (C=O) groups excluding carboxylic acids is 1. The van der Waals surface area contributed by atoms with Crippen molar-refractivity contribution in [1.29, 1.82) is 0 Å². The molecule has 1 saturated carbocycles. The summed E-state index contributed by atoms with van der Waals surface area (Å²) in [5.41, 5.74) is 2.98. The van der Waals surface area contributed by atoms with Crippen molar-refractivity contribution in [2.75, 3.05) is 5.32 Å². The number of pyridine rings is 1. The average Bonchev–Trinajstić information content (AvgIpc) is 3.20. The SMILES string of the molecule is Cn1cnc(-c2cc3cnc(NC(=O)C4CC4)cc3n2C)c1. The normalized spacial score (nSPS) is 14.5. The molecule has 0 saturated heterocycles. The highest BCUT2D eigenvalue weighted by Crippen LogP contribution is 2.31. The number of imidazole rings is 1. The van der Waals surface area contributed by atoms with Gasteiger partial charge in [-0.15, -0.1) is 0 Å². The molecule has 6 heteroatoms. The molecular weight excluding hydrogens is 278 g/mol. The second-order valence-corrected chi connectivity index (χ2v) is 5.90. The van der Waals surface area contributed by atoms with Crippen molar-refractivity contribution in [3.05, 3.63) is 30.9 Å². The highest BCUT2D eigenvalue weighted by atomic mass is 16.2. The zero-order chi connectivity index (χ0) is 15.3. The van der Waals surface area contributed by atoms with E-state index in [2.05, 4.69) is 25.9 Å². The maximum Gasteiger partial charge on any atom is 0.228 e. The van der Waals surface area contributed by atoms with Crippen molar-refractivity contribution in [1.82, 2.24) is 19.1 Å². The van der Waals surface area contributed by atoms with Gasteiger partial charge in [0.2, 0.25) is 5.91 Å². The first-order valence-electron chi connectivity index (χ1n) is 7.36. The fourth-order valence-electron chi connectivity index (χ4n) is 2.66. The van der Waals surface area contributed by atoms with Crippen LogP contribution in [-0.4, -0.2) is 25.0 Å². The second kappa shape index (κ2) is 4.69. The van der Waals surface area contributed by atoms with E-state index in [0.717, 1.165) is 35.1 Å². The number of nitrogens with one attached hydrogen (secondary N) is 1. The third-order valence-corrected chi connectivity index (χ3v) is 4.09. The van der Waals surface area contributed by atoms with Crippen LogP contribution in [0, 0.1) is 5.92 Å². The minimum absolute atomic E-state index is 0.0750. The van der Waals surface area contributed by atoms with Crippen LogP contribution >= 0.6 is 0 Å². The van der Waals surface area contributed by atoms with Crippen LogP contribution in [0.2, 0.25) is 0 Å². The van der Waals surface area contributed by atoms with E-state index in [4.69, 9.17) is 0 Å². The topological polar surface area (TPSA) is 64.7 Å². The second-order valence-electron chi connectivity index (χ2n) is 5.90. The van der Waals surface area contributed by atoms with Gasteiger partial charge in [-0.25, -0.2) is 9.97 Å². The highest BCUT2D eigenvalue weighted by Gasteiger charge is 2.29. The predicted octanol–water partition coefficient (Wildman–Crippen LogP) is 2.32. The van der Waals surface area contributed by atoms with E-state index in [-0.39, 0.29) is 11.8 Å². The number of carbonyl (C=O) groups is 1. The molecule has 0 bridgehead atoms. The predicted molar refractivity (Wildman–Crippen MR) is 84.3 cm³/mol. The molecule has 1 fully saturated rings. The first kappa shape index (κ1) is 13.1. The number of amides is 1. The van der Waals surface area contributed by atoms with E-state index in [0.29, 0.717) is 5.82 Å². The molecule has 22 heavy (non-hydrogen) atoms. The largest absolute Gasteiger partial charge is 0.342 e. The Labute approximate surface area is 127 Å². The maximum absolute atomic E-state index is 11.9. The Bertz CT molecular complexity index is 872. The van der Waals surface area contributed by atoms with Gasteiger partial charge in [0.05, 0.1) is 17.5 Å². The van der Waals surface area contributed by atoms with Gasteiger partial charge in [-0.3, -0.25) is 4.79 Å². The van der Waals surface area contributed by atoms with E-state index in [1.54, 1.807) is 12.5 Å². The molecule has 3 heterocycles. The van der Waals surface area contributed by atoms with E-state index >= 15 is 0 Å². The summed E-state index contributed by atoms with van der Waals surface area (Å²) >= 11 is 0. The van der Waals surface area contributed by atoms with Gasteiger partial charge in [-0.05, 0) is 18.9 Å². The molecule has 112 valence electrons. The quantitative estimate of drug-likeness (QED) is 0.806. The van der Waals surface area contributed by atoms with Gasteiger partial charge < -0.3 is 14.5 Å². The lowest BCUT2D eigenvalue weighted by Gasteiger charge is -2.05. The van der Waals surface area contributed by atoms with Crippen LogP contribution in [0.4, 0.5) is 5.82 Å². The minimum Gasteiger partial charge on any atom is -0.342 e. The van der Waals surface area contributed by atoms with Gasteiger partial charge in [0.15, 0.2) is 0 Å². The van der Waals surface area contributed by atoms with Crippen LogP contribution in [-0.2, 0) is 18.9 Å². The Hall–Kier alpha value is -2.63. The summed E-state index contributed by atoms with van der Waals surface area (Å²) in [6.45, 7) is 0. The number of hydrogen-bond donors (Lipinski definition) is 1. The zero-order valence-corrected chi connectivity index (χ0v) is 12.6. The summed E-state index contributed by atoms with van der Waals surface area (Å²) in [5, 5.41) is 3.93. The fraction of sp³-hybridized carbons (Fsp3) is 0.312. The molecule has 1 aliphatic carbocycles. The lowest BCUT2D eigenvalue weighted by atomic mass is 10.3. The lowest BCUT2D eigenvalue weighted by molar-refractivity contribution is -0.117. The Kier molecular flexibility index (Phi) is 2.79. The van der Waals surface area contributed by atoms with Crippen molar-refractivity contribution in [3.63, 3.8) is 0 Å². The van der Waals surface area contributed by atoms with Crippen LogP contribution < -0.4 is 5.32 Å². The van der Waals surface area contributed by atoms with Gasteiger partial charge in [0.1, 0.15) is 11.5 Å². The summed E-state index contributed by atoms with van der Waals surface area (Å²) in [7, 11) is 3.95. The van der Waals surface area contributed by atoms with Crippen LogP contribution in [0.3, 0.4) is 0 Å². The number of fused-ring (bicyclic) bond motifs is 1. The molecule has 3 aromatic heterocycles. The van der Waals surface area contributed by atoms with Crippen LogP contribution in [0.5, 0.6) is 0 Å². The molecule has 1 N–H and O–H groups in total. The number of anilines is 1. The molecular formula is C16H17N5O. The van der Waals surface area contributed by atoms with E-state index in [9.17, 15) is 4.79 Å². The maximum atomic E-state index is 11.9. The molecule has 0 aromatic carbocycles. The highest BCUT2D eigenvalue weighted by molar-refractivity contribution is 5.95. The lowest BCUT2D eigenvalue weighted by Crippen LogP contribution is -2.14.